The van der Waals surface area contributed by atoms with Crippen LogP contribution in [0.1, 0.15) is 36.2 Å². The summed E-state index contributed by atoms with van der Waals surface area (Å²) in [6.07, 6.45) is 2.63. The molecule has 1 N–H and O–H groups in total. The zero-order valence-corrected chi connectivity index (χ0v) is 17.1. The Morgan fingerprint density at radius 3 is 2.34 bits per heavy atom. The van der Waals surface area contributed by atoms with E-state index in [1.165, 1.54) is 7.11 Å². The van der Waals surface area contributed by atoms with Gasteiger partial charge < -0.3 is 19.5 Å². The fraction of sp³-hybridized carbons (Fsp3) is 0.304. The Kier molecular flexibility index (Phi) is 8.76. The maximum atomic E-state index is 11.6. The van der Waals surface area contributed by atoms with Crippen LogP contribution in [0.25, 0.3) is 6.08 Å². The molecule has 0 amide bonds. The zero-order chi connectivity index (χ0) is 21.1. The molecule has 2 rings (SSSR count). The minimum absolute atomic E-state index is 0.297. The molecule has 154 valence electrons. The van der Waals surface area contributed by atoms with Crippen molar-refractivity contribution in [2.75, 3.05) is 32.2 Å². The molecule has 0 aliphatic rings. The van der Waals surface area contributed by atoms with Gasteiger partial charge in [-0.15, -0.1) is 0 Å². The van der Waals surface area contributed by atoms with Gasteiger partial charge in [0.15, 0.2) is 0 Å². The van der Waals surface area contributed by atoms with Gasteiger partial charge in [0, 0.05) is 17.8 Å². The highest BCUT2D eigenvalue weighted by atomic mass is 16.5. The molecule has 6 heteroatoms. The Hall–Kier alpha value is -3.28. The second-order valence-electron chi connectivity index (χ2n) is 6.31. The largest absolute Gasteiger partial charge is 0.494 e. The summed E-state index contributed by atoms with van der Waals surface area (Å²) in [5, 5.41) is 3.33. The molecule has 0 heterocycles. The van der Waals surface area contributed by atoms with Gasteiger partial charge >= 0.3 is 11.9 Å². The van der Waals surface area contributed by atoms with E-state index in [9.17, 15) is 9.59 Å². The van der Waals surface area contributed by atoms with Crippen molar-refractivity contribution in [2.45, 2.75) is 20.3 Å². The first kappa shape index (κ1) is 22.0. The number of ether oxygens (including phenoxy) is 3. The van der Waals surface area contributed by atoms with Crippen LogP contribution in [-0.2, 0) is 14.3 Å². The van der Waals surface area contributed by atoms with E-state index in [1.807, 2.05) is 24.3 Å². The van der Waals surface area contributed by atoms with Crippen molar-refractivity contribution in [1.82, 2.24) is 0 Å². The van der Waals surface area contributed by atoms with Crippen LogP contribution in [0.15, 0.2) is 54.1 Å². The Morgan fingerprint density at radius 2 is 1.72 bits per heavy atom. The van der Waals surface area contributed by atoms with Crippen molar-refractivity contribution in [2.24, 2.45) is 0 Å². The number of nitrogens with one attached hydrogen (secondary N) is 1. The lowest BCUT2D eigenvalue weighted by atomic mass is 10.1. The van der Waals surface area contributed by atoms with Crippen LogP contribution < -0.4 is 10.1 Å². The smallest absolute Gasteiger partial charge is 0.337 e. The number of rotatable bonds is 10. The van der Waals surface area contributed by atoms with E-state index in [2.05, 4.69) is 10.1 Å². The third-order valence-electron chi connectivity index (χ3n) is 4.09. The minimum atomic E-state index is -0.363. The third-order valence-corrected chi connectivity index (χ3v) is 4.09. The Morgan fingerprint density at radius 1 is 1.03 bits per heavy atom. The molecule has 0 aliphatic heterocycles. The van der Waals surface area contributed by atoms with Crippen LogP contribution in [-0.4, -0.2) is 38.8 Å². The standard InChI is InChI=1S/C23H27NO5/c1-4-28-22(25)17(2)16-18-6-10-20(11-7-18)24-14-5-15-29-21-12-8-19(9-13-21)23(26)27-3/h6-13,16,24H,4-5,14-15H2,1-3H3. The van der Waals surface area contributed by atoms with Crippen LogP contribution >= 0.6 is 0 Å². The highest BCUT2D eigenvalue weighted by molar-refractivity contribution is 5.93. The van der Waals surface area contributed by atoms with Crippen molar-refractivity contribution in [3.63, 3.8) is 0 Å². The second kappa shape index (κ2) is 11.5. The summed E-state index contributed by atoms with van der Waals surface area (Å²) in [5.74, 6) is 0.0544. The first-order valence-corrected chi connectivity index (χ1v) is 9.54. The normalized spacial score (nSPS) is 10.9. The van der Waals surface area contributed by atoms with Gasteiger partial charge in [-0.2, -0.15) is 0 Å². The van der Waals surface area contributed by atoms with Gasteiger partial charge in [-0.3, -0.25) is 0 Å². The zero-order valence-electron chi connectivity index (χ0n) is 17.1. The second-order valence-corrected chi connectivity index (χ2v) is 6.31. The molecule has 0 unspecified atom stereocenters. The molecular formula is C23H27NO5. The van der Waals surface area contributed by atoms with Gasteiger partial charge in [0.1, 0.15) is 5.75 Å². The molecule has 0 aliphatic carbocycles. The number of benzene rings is 2. The maximum absolute atomic E-state index is 11.6. The average molecular weight is 397 g/mol. The summed E-state index contributed by atoms with van der Waals surface area (Å²) in [5.41, 5.74) is 3.01. The van der Waals surface area contributed by atoms with E-state index >= 15 is 0 Å². The summed E-state index contributed by atoms with van der Waals surface area (Å²) in [6.45, 7) is 5.22. The SMILES string of the molecule is CCOC(=O)C(C)=Cc1ccc(NCCCOc2ccc(C(=O)OC)cc2)cc1. The lowest BCUT2D eigenvalue weighted by molar-refractivity contribution is -0.138. The summed E-state index contributed by atoms with van der Waals surface area (Å²) < 4.78 is 15.3. The molecule has 0 atom stereocenters. The minimum Gasteiger partial charge on any atom is -0.494 e. The Bertz CT molecular complexity index is 825. The quantitative estimate of drug-likeness (QED) is 0.366. The number of hydrogen-bond donors (Lipinski definition) is 1. The third kappa shape index (κ3) is 7.33. The van der Waals surface area contributed by atoms with Crippen LogP contribution in [0, 0.1) is 0 Å². The van der Waals surface area contributed by atoms with Crippen molar-refractivity contribution in [3.8, 4) is 5.75 Å². The lowest BCUT2D eigenvalue weighted by Crippen LogP contribution is -2.07. The van der Waals surface area contributed by atoms with Gasteiger partial charge in [-0.05, 0) is 68.3 Å². The number of anilines is 1. The topological polar surface area (TPSA) is 73.9 Å². The number of esters is 2. The summed E-state index contributed by atoms with van der Waals surface area (Å²) in [6, 6.07) is 14.7. The molecule has 6 nitrogen and oxygen atoms in total. The molecule has 0 bridgehead atoms. The molecule has 0 radical (unpaired) electrons. The molecule has 0 spiro atoms. The van der Waals surface area contributed by atoms with E-state index in [0.29, 0.717) is 30.1 Å². The van der Waals surface area contributed by atoms with Gasteiger partial charge in [0.2, 0.25) is 0 Å². The van der Waals surface area contributed by atoms with Crippen molar-refractivity contribution in [3.05, 3.63) is 65.2 Å². The van der Waals surface area contributed by atoms with E-state index in [0.717, 1.165) is 24.2 Å². The Labute approximate surface area is 171 Å². The number of methoxy groups -OCH3 is 1. The summed E-state index contributed by atoms with van der Waals surface area (Å²) in [7, 11) is 1.36. The highest BCUT2D eigenvalue weighted by Crippen LogP contribution is 2.15. The number of hydrogen-bond acceptors (Lipinski definition) is 6. The number of carbonyl (C=O) groups is 2. The van der Waals surface area contributed by atoms with Crippen molar-refractivity contribution < 1.29 is 23.8 Å². The van der Waals surface area contributed by atoms with E-state index < -0.39 is 0 Å². The highest BCUT2D eigenvalue weighted by Gasteiger charge is 2.05. The van der Waals surface area contributed by atoms with Crippen molar-refractivity contribution in [1.29, 1.82) is 0 Å². The monoisotopic (exact) mass is 397 g/mol. The maximum Gasteiger partial charge on any atom is 0.337 e. The van der Waals surface area contributed by atoms with Gasteiger partial charge in [0.25, 0.3) is 0 Å². The van der Waals surface area contributed by atoms with Gasteiger partial charge in [-0.25, -0.2) is 9.59 Å². The summed E-state index contributed by atoms with van der Waals surface area (Å²) in [4.78, 5) is 23.0. The fourth-order valence-electron chi connectivity index (χ4n) is 2.55. The Balaban J connectivity index is 1.72. The van der Waals surface area contributed by atoms with Crippen LogP contribution in [0.2, 0.25) is 0 Å². The molecular weight excluding hydrogens is 370 g/mol. The average Bonchev–Trinajstić information content (AvgIpc) is 2.74. The molecule has 0 fully saturated rings. The molecule has 2 aromatic carbocycles. The van der Waals surface area contributed by atoms with Gasteiger partial charge in [-0.1, -0.05) is 12.1 Å². The lowest BCUT2D eigenvalue weighted by Gasteiger charge is -2.09. The molecule has 29 heavy (non-hydrogen) atoms. The fourth-order valence-corrected chi connectivity index (χ4v) is 2.55. The first-order valence-electron chi connectivity index (χ1n) is 9.54. The molecule has 0 saturated carbocycles. The predicted octanol–water partition coefficient (Wildman–Crippen LogP) is 4.32. The predicted molar refractivity (Wildman–Crippen MR) is 113 cm³/mol. The van der Waals surface area contributed by atoms with Crippen molar-refractivity contribution >= 4 is 23.7 Å². The van der Waals surface area contributed by atoms with E-state index in [4.69, 9.17) is 9.47 Å². The first-order chi connectivity index (χ1) is 14.0. The van der Waals surface area contributed by atoms with Crippen LogP contribution in [0.5, 0.6) is 5.75 Å². The van der Waals surface area contributed by atoms with Crippen LogP contribution in [0.3, 0.4) is 0 Å². The van der Waals surface area contributed by atoms with E-state index in [1.54, 1.807) is 44.2 Å². The van der Waals surface area contributed by atoms with E-state index in [-0.39, 0.29) is 11.9 Å². The molecule has 0 aromatic heterocycles. The van der Waals surface area contributed by atoms with Crippen LogP contribution in [0.4, 0.5) is 5.69 Å². The van der Waals surface area contributed by atoms with Gasteiger partial charge in [0.05, 0.1) is 25.9 Å². The summed E-state index contributed by atoms with van der Waals surface area (Å²) >= 11 is 0. The molecule has 0 saturated heterocycles. The number of carbonyl (C=O) groups excluding carboxylic acids is 2. The molecule has 2 aromatic rings.